The molecule has 96 valence electrons. The third-order valence-electron chi connectivity index (χ3n) is 3.50. The number of carboxylic acid groups (broad SMARTS) is 1. The Morgan fingerprint density at radius 3 is 3.00 bits per heavy atom. The Hall–Kier alpha value is -1.61. The van der Waals surface area contributed by atoms with Gasteiger partial charge in [0.25, 0.3) is 0 Å². The molecule has 3 nitrogen and oxygen atoms in total. The van der Waals surface area contributed by atoms with Gasteiger partial charge in [-0.05, 0) is 30.4 Å². The third kappa shape index (κ3) is 2.79. The second kappa shape index (κ2) is 5.83. The number of fused-ring (bicyclic) bond motifs is 1. The van der Waals surface area contributed by atoms with Crippen LogP contribution in [0.4, 0.5) is 0 Å². The molecule has 18 heavy (non-hydrogen) atoms. The fourth-order valence-corrected chi connectivity index (χ4v) is 2.48. The van der Waals surface area contributed by atoms with Crippen molar-refractivity contribution < 1.29 is 9.90 Å². The average Bonchev–Trinajstić information content (AvgIpc) is 2.78. The number of aryl methyl sites for hydroxylation is 1. The molecule has 1 aromatic rings. The number of benzene rings is 1. The van der Waals surface area contributed by atoms with Gasteiger partial charge in [0.2, 0.25) is 0 Å². The van der Waals surface area contributed by atoms with Crippen LogP contribution in [0.15, 0.2) is 35.9 Å². The fraction of sp³-hybridized carbons (Fsp3) is 0.400. The highest BCUT2D eigenvalue weighted by atomic mass is 16.4. The van der Waals surface area contributed by atoms with Gasteiger partial charge in [0.1, 0.15) is 0 Å². The third-order valence-corrected chi connectivity index (χ3v) is 3.50. The van der Waals surface area contributed by atoms with Crippen LogP contribution in [-0.4, -0.2) is 17.6 Å². The molecule has 1 aliphatic carbocycles. The zero-order valence-electron chi connectivity index (χ0n) is 10.6. The first kappa shape index (κ1) is 12.8. The van der Waals surface area contributed by atoms with Gasteiger partial charge in [0.05, 0.1) is 0 Å². The zero-order chi connectivity index (χ0) is 13.0. The summed E-state index contributed by atoms with van der Waals surface area (Å²) in [5, 5.41) is 12.3. The smallest absolute Gasteiger partial charge is 0.331 e. The number of hydrogen-bond donors (Lipinski definition) is 2. The van der Waals surface area contributed by atoms with Crippen LogP contribution >= 0.6 is 0 Å². The first-order chi connectivity index (χ1) is 8.72. The van der Waals surface area contributed by atoms with Gasteiger partial charge in [0, 0.05) is 18.2 Å². The van der Waals surface area contributed by atoms with Crippen LogP contribution < -0.4 is 5.32 Å². The summed E-state index contributed by atoms with van der Waals surface area (Å²) in [6.07, 6.45) is 4.56. The second-order valence-corrected chi connectivity index (χ2v) is 4.59. The first-order valence-corrected chi connectivity index (χ1v) is 6.46. The molecular formula is C15H19NO2. The van der Waals surface area contributed by atoms with Crippen LogP contribution in [0.3, 0.4) is 0 Å². The van der Waals surface area contributed by atoms with Crippen molar-refractivity contribution in [1.29, 1.82) is 0 Å². The summed E-state index contributed by atoms with van der Waals surface area (Å²) in [7, 11) is 0. The lowest BCUT2D eigenvalue weighted by Crippen LogP contribution is -2.20. The van der Waals surface area contributed by atoms with Crippen molar-refractivity contribution >= 4 is 5.97 Å². The van der Waals surface area contributed by atoms with Crippen molar-refractivity contribution in [2.24, 2.45) is 0 Å². The molecule has 0 bridgehead atoms. The minimum absolute atomic E-state index is 0.365. The van der Waals surface area contributed by atoms with Gasteiger partial charge in [-0.3, -0.25) is 0 Å². The molecule has 0 spiro atoms. The Labute approximate surface area is 108 Å². The number of carbonyl (C=O) groups is 1. The summed E-state index contributed by atoms with van der Waals surface area (Å²) in [5.74, 6) is -0.814. The fourth-order valence-electron chi connectivity index (χ4n) is 2.48. The molecule has 1 aromatic carbocycles. The SMILES string of the molecule is CC/C(=C/CNC1CCc2ccccc21)C(=O)O. The summed E-state index contributed by atoms with van der Waals surface area (Å²) in [5.41, 5.74) is 3.25. The van der Waals surface area contributed by atoms with Crippen molar-refractivity contribution in [3.05, 3.63) is 47.0 Å². The van der Waals surface area contributed by atoms with Gasteiger partial charge < -0.3 is 10.4 Å². The number of rotatable bonds is 5. The molecule has 0 aliphatic heterocycles. The van der Waals surface area contributed by atoms with E-state index in [-0.39, 0.29) is 0 Å². The normalized spacial score (nSPS) is 18.7. The van der Waals surface area contributed by atoms with E-state index in [1.165, 1.54) is 11.1 Å². The lowest BCUT2D eigenvalue weighted by molar-refractivity contribution is -0.132. The van der Waals surface area contributed by atoms with E-state index in [4.69, 9.17) is 5.11 Å². The van der Waals surface area contributed by atoms with Crippen LogP contribution in [-0.2, 0) is 11.2 Å². The van der Waals surface area contributed by atoms with E-state index in [0.717, 1.165) is 12.8 Å². The Bertz CT molecular complexity index is 465. The maximum absolute atomic E-state index is 10.9. The Morgan fingerprint density at radius 1 is 1.50 bits per heavy atom. The van der Waals surface area contributed by atoms with Crippen molar-refractivity contribution in [1.82, 2.24) is 5.32 Å². The molecule has 1 atom stereocenters. The van der Waals surface area contributed by atoms with E-state index in [2.05, 4.69) is 29.6 Å². The molecule has 1 aliphatic rings. The minimum Gasteiger partial charge on any atom is -0.478 e. The summed E-state index contributed by atoms with van der Waals surface area (Å²) < 4.78 is 0. The van der Waals surface area contributed by atoms with Gasteiger partial charge in [-0.2, -0.15) is 0 Å². The molecule has 0 heterocycles. The predicted octanol–water partition coefficient (Wildman–Crippen LogP) is 2.68. The number of hydrogen-bond acceptors (Lipinski definition) is 2. The molecule has 3 heteroatoms. The molecule has 0 aromatic heterocycles. The number of nitrogens with one attached hydrogen (secondary N) is 1. The van der Waals surface area contributed by atoms with Crippen LogP contribution in [0.5, 0.6) is 0 Å². The zero-order valence-corrected chi connectivity index (χ0v) is 10.6. The topological polar surface area (TPSA) is 49.3 Å². The maximum atomic E-state index is 10.9. The molecule has 0 saturated heterocycles. The van der Waals surface area contributed by atoms with E-state index in [1.54, 1.807) is 6.08 Å². The van der Waals surface area contributed by atoms with Gasteiger partial charge in [0.15, 0.2) is 0 Å². The number of aliphatic carboxylic acids is 1. The summed E-state index contributed by atoms with van der Waals surface area (Å²) in [6.45, 7) is 2.49. The molecule has 0 fully saturated rings. The predicted molar refractivity (Wildman–Crippen MR) is 71.5 cm³/mol. The second-order valence-electron chi connectivity index (χ2n) is 4.59. The summed E-state index contributed by atoms with van der Waals surface area (Å²) in [4.78, 5) is 10.9. The van der Waals surface area contributed by atoms with E-state index >= 15 is 0 Å². The maximum Gasteiger partial charge on any atom is 0.331 e. The van der Waals surface area contributed by atoms with Gasteiger partial charge in [-0.15, -0.1) is 0 Å². The summed E-state index contributed by atoms with van der Waals surface area (Å²) in [6, 6.07) is 8.82. The van der Waals surface area contributed by atoms with E-state index < -0.39 is 5.97 Å². The largest absolute Gasteiger partial charge is 0.478 e. The molecule has 0 radical (unpaired) electrons. The van der Waals surface area contributed by atoms with Crippen molar-refractivity contribution in [3.63, 3.8) is 0 Å². The highest BCUT2D eigenvalue weighted by molar-refractivity contribution is 5.86. The monoisotopic (exact) mass is 245 g/mol. The quantitative estimate of drug-likeness (QED) is 0.784. The van der Waals surface area contributed by atoms with Crippen molar-refractivity contribution in [2.45, 2.75) is 32.2 Å². The lowest BCUT2D eigenvalue weighted by atomic mass is 10.1. The Morgan fingerprint density at radius 2 is 2.28 bits per heavy atom. The molecular weight excluding hydrogens is 226 g/mol. The van der Waals surface area contributed by atoms with Crippen molar-refractivity contribution in [2.75, 3.05) is 6.54 Å². The Balaban J connectivity index is 1.95. The first-order valence-electron chi connectivity index (χ1n) is 6.46. The van der Waals surface area contributed by atoms with Crippen LogP contribution in [0.1, 0.15) is 36.9 Å². The van der Waals surface area contributed by atoms with Crippen LogP contribution in [0.25, 0.3) is 0 Å². The molecule has 0 saturated carbocycles. The summed E-state index contributed by atoms with van der Waals surface area (Å²) >= 11 is 0. The minimum atomic E-state index is -0.814. The van der Waals surface area contributed by atoms with Crippen molar-refractivity contribution in [3.8, 4) is 0 Å². The van der Waals surface area contributed by atoms with Crippen LogP contribution in [0.2, 0.25) is 0 Å². The van der Waals surface area contributed by atoms with E-state index in [9.17, 15) is 4.79 Å². The van der Waals surface area contributed by atoms with Gasteiger partial charge >= 0.3 is 5.97 Å². The molecule has 2 rings (SSSR count). The standard InChI is InChI=1S/C15H19NO2/c1-2-11(15(17)18)9-10-16-14-8-7-12-5-3-4-6-13(12)14/h3-6,9,14,16H,2,7-8,10H2,1H3,(H,17,18)/b11-9-. The van der Waals surface area contributed by atoms with E-state index in [1.807, 2.05) is 6.92 Å². The number of carboxylic acids is 1. The van der Waals surface area contributed by atoms with Crippen LogP contribution in [0, 0.1) is 0 Å². The van der Waals surface area contributed by atoms with Gasteiger partial charge in [-0.25, -0.2) is 4.79 Å². The Kier molecular flexibility index (Phi) is 4.15. The highest BCUT2D eigenvalue weighted by Gasteiger charge is 2.20. The molecule has 1 unspecified atom stereocenters. The average molecular weight is 245 g/mol. The van der Waals surface area contributed by atoms with Gasteiger partial charge in [-0.1, -0.05) is 37.3 Å². The lowest BCUT2D eigenvalue weighted by Gasteiger charge is -2.12. The van der Waals surface area contributed by atoms with E-state index in [0.29, 0.717) is 24.6 Å². The molecule has 2 N–H and O–H groups in total. The molecule has 0 amide bonds. The highest BCUT2D eigenvalue weighted by Crippen LogP contribution is 2.30.